The Labute approximate surface area is 645 Å². The Morgan fingerprint density at radius 1 is 0.477 bits per heavy atom. The van der Waals surface area contributed by atoms with Gasteiger partial charge < -0.3 is 33.0 Å². The average Bonchev–Trinajstić information content (AvgIpc) is 1.61. The lowest BCUT2D eigenvalue weighted by Crippen LogP contribution is -2.65. The molecule has 0 bridgehead atoms. The molecular weight excluding hydrogens is 1430 g/mol. The normalized spacial score (nSPS) is 16.1. The predicted octanol–water partition coefficient (Wildman–Crippen LogP) is 25.1. The first kappa shape index (κ1) is 82.8. The van der Waals surface area contributed by atoms with E-state index in [1.165, 1.54) is 50.2 Å². The summed E-state index contributed by atoms with van der Waals surface area (Å²) < 4.78 is 146. The molecule has 0 aliphatic carbocycles. The zero-order valence-electron chi connectivity index (χ0n) is 66.2. The van der Waals surface area contributed by atoms with Crippen molar-refractivity contribution in [2.45, 2.75) is 223 Å². The smallest absolute Gasteiger partial charge is 0.381 e. The first-order chi connectivity index (χ1) is 52.5. The third-order valence-corrected chi connectivity index (χ3v) is 21.5. The zero-order chi connectivity index (χ0) is 80.3. The molecule has 12 nitrogen and oxygen atoms in total. The molecule has 11 rings (SSSR count). The summed E-state index contributed by atoms with van der Waals surface area (Å²) >= 11 is 0. The second-order valence-corrected chi connectivity index (χ2v) is 33.2. The number of nitrogens with zero attached hydrogens (tertiary/aromatic N) is 4. The van der Waals surface area contributed by atoms with Gasteiger partial charge in [0.2, 0.25) is 0 Å². The molecule has 6 unspecified atom stereocenters. The maximum absolute atomic E-state index is 15.6. The summed E-state index contributed by atoms with van der Waals surface area (Å²) in [5.74, 6) is -26.6. The van der Waals surface area contributed by atoms with Crippen LogP contribution in [-0.4, -0.2) is 75.2 Å². The lowest BCUT2D eigenvalue weighted by atomic mass is 9.82. The SMILES string of the molecule is CCCCC(CC)Cn1c2ccc(/C(CC(C)CC(C)(C)C)=N/OC(C)=O)cc2c2cc(C(=O)c3ccc(OCC(F)(F)C(F)(F)C(F)(F)C(F)(F)COc4ccc(C5OC5c5cc6c7cc(/C(CC(C)CC(C)(C)C)=N/OC(C)=O)ccc7n(CC(CC)CCCC)c6c6ccccc56)cc4)cc3)c3ccccc3c21. The summed E-state index contributed by atoms with van der Waals surface area (Å²) in [6.45, 7) is 25.2. The van der Waals surface area contributed by atoms with Gasteiger partial charge in [0.25, 0.3) is 0 Å². The van der Waals surface area contributed by atoms with Crippen molar-refractivity contribution >= 4 is 94.3 Å². The Morgan fingerprint density at radius 2 is 0.883 bits per heavy atom. The molecule has 111 heavy (non-hydrogen) atoms. The lowest BCUT2D eigenvalue weighted by molar-refractivity contribution is -0.371. The van der Waals surface area contributed by atoms with Crippen LogP contribution in [0.3, 0.4) is 0 Å². The van der Waals surface area contributed by atoms with Gasteiger partial charge >= 0.3 is 35.6 Å². The van der Waals surface area contributed by atoms with Crippen LogP contribution in [0.1, 0.15) is 224 Å². The van der Waals surface area contributed by atoms with Gasteiger partial charge in [0.05, 0.1) is 22.5 Å². The van der Waals surface area contributed by atoms with Gasteiger partial charge in [-0.3, -0.25) is 4.79 Å². The molecule has 1 fully saturated rings. The Bertz CT molecular complexity index is 5090. The number of ketones is 1. The molecule has 1 aliphatic heterocycles. The van der Waals surface area contributed by atoms with E-state index in [1.807, 2.05) is 60.7 Å². The minimum absolute atomic E-state index is 0.00899. The van der Waals surface area contributed by atoms with Crippen LogP contribution in [0, 0.1) is 34.5 Å². The van der Waals surface area contributed by atoms with E-state index in [4.69, 9.17) is 23.9 Å². The molecule has 0 radical (unpaired) electrons. The molecule has 3 heterocycles. The van der Waals surface area contributed by atoms with Crippen molar-refractivity contribution in [1.29, 1.82) is 0 Å². The van der Waals surface area contributed by atoms with Gasteiger partial charge in [0.15, 0.2) is 19.0 Å². The summed E-state index contributed by atoms with van der Waals surface area (Å²) in [7, 11) is 0. The van der Waals surface area contributed by atoms with Crippen molar-refractivity contribution in [3.8, 4) is 11.5 Å². The van der Waals surface area contributed by atoms with Crippen molar-refractivity contribution < 1.29 is 73.4 Å². The van der Waals surface area contributed by atoms with Crippen molar-refractivity contribution in [3.05, 3.63) is 179 Å². The number of alkyl halides is 8. The summed E-state index contributed by atoms with van der Waals surface area (Å²) in [5.41, 5.74) is 8.35. The fourth-order valence-corrected chi connectivity index (χ4v) is 16.2. The topological polar surface area (TPSA) is 135 Å². The van der Waals surface area contributed by atoms with Crippen LogP contribution in [-0.2, 0) is 37.1 Å². The molecule has 2 aromatic heterocycles. The molecule has 20 heteroatoms. The van der Waals surface area contributed by atoms with Gasteiger partial charge in [-0.05, 0) is 168 Å². The van der Waals surface area contributed by atoms with E-state index in [0.29, 0.717) is 53.6 Å². The summed E-state index contributed by atoms with van der Waals surface area (Å²) in [6.07, 6.45) is 9.90. The van der Waals surface area contributed by atoms with Crippen LogP contribution in [0.5, 0.6) is 11.5 Å². The number of halogens is 8. The highest BCUT2D eigenvalue weighted by Gasteiger charge is 2.81. The third kappa shape index (κ3) is 18.3. The molecule has 0 N–H and O–H groups in total. The van der Waals surface area contributed by atoms with E-state index in [-0.39, 0.29) is 33.8 Å². The number of carbonyl (C=O) groups excluding carboxylic acids is 3. The Kier molecular flexibility index (Phi) is 25.1. The van der Waals surface area contributed by atoms with E-state index in [9.17, 15) is 14.4 Å². The number of ether oxygens (including phenoxy) is 3. The van der Waals surface area contributed by atoms with Crippen LogP contribution in [0.4, 0.5) is 35.1 Å². The van der Waals surface area contributed by atoms with E-state index in [2.05, 4.69) is 127 Å². The number of epoxide rings is 1. The maximum atomic E-state index is 15.6. The quantitative estimate of drug-likeness (QED) is 0.00957. The Morgan fingerprint density at radius 3 is 1.31 bits per heavy atom. The molecule has 0 spiro atoms. The molecule has 8 aromatic carbocycles. The molecule has 0 saturated carbocycles. The monoisotopic (exact) mass is 1530 g/mol. The van der Waals surface area contributed by atoms with Crippen LogP contribution in [0.15, 0.2) is 156 Å². The minimum Gasteiger partial charge on any atom is -0.487 e. The molecule has 1 aliphatic rings. The van der Waals surface area contributed by atoms with Gasteiger partial charge in [-0.25, -0.2) is 9.59 Å². The maximum Gasteiger partial charge on any atom is 0.381 e. The molecular formula is C91H104F8N4O8. The van der Waals surface area contributed by atoms with Crippen molar-refractivity contribution in [3.63, 3.8) is 0 Å². The molecule has 592 valence electrons. The number of aromatic nitrogens is 2. The van der Waals surface area contributed by atoms with Crippen molar-refractivity contribution in [1.82, 2.24) is 9.13 Å². The second kappa shape index (κ2) is 33.6. The van der Waals surface area contributed by atoms with E-state index < -0.39 is 78.3 Å². The number of rotatable bonds is 35. The van der Waals surface area contributed by atoms with Gasteiger partial charge in [0.1, 0.15) is 23.7 Å². The summed E-state index contributed by atoms with van der Waals surface area (Å²) in [4.78, 5) is 49.8. The highest BCUT2D eigenvalue weighted by molar-refractivity contribution is 6.26. The Balaban J connectivity index is 0.801. The predicted molar refractivity (Wildman–Crippen MR) is 426 cm³/mol. The molecule has 6 atom stereocenters. The number of hydrogen-bond acceptors (Lipinski definition) is 10. The van der Waals surface area contributed by atoms with E-state index in [1.54, 1.807) is 12.1 Å². The molecule has 10 aromatic rings. The Hall–Kier alpha value is -9.17. The fraction of sp³-hybridized carbons (Fsp3) is 0.462. The molecule has 1 saturated heterocycles. The van der Waals surface area contributed by atoms with Gasteiger partial charge in [-0.15, -0.1) is 0 Å². The highest BCUT2D eigenvalue weighted by Crippen LogP contribution is 2.56. The lowest BCUT2D eigenvalue weighted by Gasteiger charge is -2.36. The molecule has 0 amide bonds. The number of benzene rings is 8. The highest BCUT2D eigenvalue weighted by atomic mass is 19.4. The largest absolute Gasteiger partial charge is 0.487 e. The number of oxime groups is 2. The standard InChI is InChI=1S/C91H104F8N4O8/c1-15-19-25-59(17-3)51-102-79-41-35-63(77(100-110-57(7)104)43-55(5)49-86(9,10)11)45-71(79)73-47-75(67-27-21-23-29-69(67)81(73)102)83(106)61-31-37-65(38-32-61)107-53-88(92,93)90(96,97)91(98,99)89(94,95)54-108-66-39-33-62(34-40-66)84-85(109-84)76-48-74-72-46-64(78(101-111-58(8)105)44-56(6)50-87(12,13)14)36-42-80(72)103(52-60(18-4)26-20-16-2)82(74)70-30-24-22-28-68(70)76/h21-24,27-42,45-48,55-56,59-60,84-85H,15-20,25-26,43-44,49-54H2,1-14H3/b100-77+,101-78+. The van der Waals surface area contributed by atoms with Crippen LogP contribution in [0.2, 0.25) is 0 Å². The minimum atomic E-state index is -6.69. The summed E-state index contributed by atoms with van der Waals surface area (Å²) in [5, 5.41) is 15.5. The van der Waals surface area contributed by atoms with Gasteiger partial charge in [-0.1, -0.05) is 205 Å². The van der Waals surface area contributed by atoms with Crippen molar-refractivity contribution in [2.24, 2.45) is 44.8 Å². The number of unbranched alkanes of at least 4 members (excludes halogenated alkanes) is 2. The fourth-order valence-electron chi connectivity index (χ4n) is 16.2. The average molecular weight is 1530 g/mol. The summed E-state index contributed by atoms with van der Waals surface area (Å²) in [6, 6.07) is 41.5. The number of hydrogen-bond donors (Lipinski definition) is 0. The van der Waals surface area contributed by atoms with E-state index >= 15 is 35.1 Å². The first-order valence-corrected chi connectivity index (χ1v) is 39.1. The first-order valence-electron chi connectivity index (χ1n) is 39.1. The third-order valence-electron chi connectivity index (χ3n) is 21.5. The number of carbonyl (C=O) groups is 3. The van der Waals surface area contributed by atoms with E-state index in [0.717, 1.165) is 159 Å². The van der Waals surface area contributed by atoms with Crippen LogP contribution < -0.4 is 9.47 Å². The number of fused-ring (bicyclic) bond motifs is 10. The van der Waals surface area contributed by atoms with Crippen LogP contribution >= 0.6 is 0 Å². The zero-order valence-corrected chi connectivity index (χ0v) is 66.2. The van der Waals surface area contributed by atoms with Crippen LogP contribution in [0.25, 0.3) is 65.2 Å². The van der Waals surface area contributed by atoms with Crippen molar-refractivity contribution in [2.75, 3.05) is 13.2 Å². The second-order valence-electron chi connectivity index (χ2n) is 33.2. The van der Waals surface area contributed by atoms with Gasteiger partial charge in [-0.2, -0.15) is 35.1 Å². The van der Waals surface area contributed by atoms with Gasteiger partial charge in [0, 0.05) is 92.5 Å².